The van der Waals surface area contributed by atoms with Gasteiger partial charge < -0.3 is 4.42 Å². The zero-order chi connectivity index (χ0) is 10.2. The molecule has 0 aliphatic carbocycles. The predicted octanol–water partition coefficient (Wildman–Crippen LogP) is 1.05. The monoisotopic (exact) mass is 230 g/mol. The molecule has 2 aromatic rings. The summed E-state index contributed by atoms with van der Waals surface area (Å²) in [4.78, 5) is 3.97. The van der Waals surface area contributed by atoms with Gasteiger partial charge in [-0.3, -0.25) is 0 Å². The maximum atomic E-state index is 11.1. The minimum atomic E-state index is -3.82. The Morgan fingerprint density at radius 3 is 2.86 bits per heavy atom. The Balaban J connectivity index is 2.62. The molecule has 0 saturated heterocycles. The molecule has 0 atom stereocenters. The molecule has 0 spiro atoms. The molecule has 2 heterocycles. The molecule has 5 nitrogen and oxygen atoms in total. The van der Waals surface area contributed by atoms with E-state index in [0.29, 0.717) is 10.6 Å². The molecule has 0 aliphatic rings. The minimum absolute atomic E-state index is 0.243. The van der Waals surface area contributed by atoms with Gasteiger partial charge in [-0.1, -0.05) is 0 Å². The Morgan fingerprint density at radius 1 is 1.50 bits per heavy atom. The summed E-state index contributed by atoms with van der Waals surface area (Å²) in [6, 6.07) is 1.53. The second-order valence-corrected chi connectivity index (χ2v) is 4.86. The molecule has 2 aromatic heterocycles. The van der Waals surface area contributed by atoms with Crippen molar-refractivity contribution in [3.05, 3.63) is 23.9 Å². The van der Waals surface area contributed by atoms with Crippen molar-refractivity contribution in [2.24, 2.45) is 5.14 Å². The molecular formula is C7H6N2O3S2. The Kier molecular flexibility index (Phi) is 2.14. The van der Waals surface area contributed by atoms with Gasteiger partial charge in [-0.15, -0.1) is 11.3 Å². The average molecular weight is 230 g/mol. The van der Waals surface area contributed by atoms with Crippen LogP contribution in [0.5, 0.6) is 0 Å². The highest BCUT2D eigenvalue weighted by Crippen LogP contribution is 2.28. The van der Waals surface area contributed by atoms with Crippen LogP contribution in [-0.4, -0.2) is 13.4 Å². The summed E-state index contributed by atoms with van der Waals surface area (Å²) in [5.74, 6) is 0. The van der Waals surface area contributed by atoms with Crippen LogP contribution in [0.2, 0.25) is 0 Å². The summed E-state index contributed by atoms with van der Waals surface area (Å²) >= 11 is 1.32. The van der Waals surface area contributed by atoms with Gasteiger partial charge in [0.05, 0.1) is 11.8 Å². The zero-order valence-corrected chi connectivity index (χ0v) is 8.51. The number of thiazole rings is 1. The number of sulfonamides is 1. The first-order chi connectivity index (χ1) is 6.59. The molecule has 2 rings (SSSR count). The molecule has 0 saturated carbocycles. The molecule has 0 amide bonds. The lowest BCUT2D eigenvalue weighted by Crippen LogP contribution is -2.12. The largest absolute Gasteiger partial charge is 0.451 e. The molecule has 0 aliphatic heterocycles. The van der Waals surface area contributed by atoms with Crippen molar-refractivity contribution in [1.82, 2.24) is 4.98 Å². The van der Waals surface area contributed by atoms with Gasteiger partial charge in [-0.2, -0.15) is 0 Å². The molecule has 14 heavy (non-hydrogen) atoms. The van der Waals surface area contributed by atoms with Crippen LogP contribution in [0, 0.1) is 0 Å². The van der Waals surface area contributed by atoms with Gasteiger partial charge in [-0.25, -0.2) is 18.5 Å². The van der Waals surface area contributed by atoms with Gasteiger partial charge in [0.1, 0.15) is 5.01 Å². The third kappa shape index (κ3) is 1.57. The number of hydrogen-bond donors (Lipinski definition) is 1. The SMILES string of the molecule is NS(=O)(=O)c1occc1-c1nccs1. The zero-order valence-electron chi connectivity index (χ0n) is 6.88. The minimum Gasteiger partial charge on any atom is -0.451 e. The fourth-order valence-electron chi connectivity index (χ4n) is 1.03. The topological polar surface area (TPSA) is 86.2 Å². The Hall–Kier alpha value is -1.18. The van der Waals surface area contributed by atoms with Crippen LogP contribution in [0.3, 0.4) is 0 Å². The molecular weight excluding hydrogens is 224 g/mol. The highest BCUT2D eigenvalue weighted by atomic mass is 32.2. The van der Waals surface area contributed by atoms with Crippen molar-refractivity contribution in [2.75, 3.05) is 0 Å². The second kappa shape index (κ2) is 3.19. The van der Waals surface area contributed by atoms with E-state index in [4.69, 9.17) is 9.56 Å². The normalized spacial score (nSPS) is 11.8. The molecule has 0 aromatic carbocycles. The van der Waals surface area contributed by atoms with E-state index in [2.05, 4.69) is 4.98 Å². The lowest BCUT2D eigenvalue weighted by molar-refractivity contribution is 0.452. The van der Waals surface area contributed by atoms with E-state index in [1.165, 1.54) is 23.7 Å². The third-order valence-electron chi connectivity index (χ3n) is 1.55. The van der Waals surface area contributed by atoms with Crippen LogP contribution >= 0.6 is 11.3 Å². The van der Waals surface area contributed by atoms with E-state index >= 15 is 0 Å². The van der Waals surface area contributed by atoms with Crippen LogP contribution < -0.4 is 5.14 Å². The molecule has 0 bridgehead atoms. The standard InChI is InChI=1S/C7H6N2O3S2/c8-14(10,11)7-5(1-3-12-7)6-9-2-4-13-6/h1-4H,(H2,8,10,11). The van der Waals surface area contributed by atoms with Crippen molar-refractivity contribution >= 4 is 21.4 Å². The van der Waals surface area contributed by atoms with Gasteiger partial charge >= 0.3 is 0 Å². The summed E-state index contributed by atoms with van der Waals surface area (Å²) in [6.07, 6.45) is 2.86. The summed E-state index contributed by atoms with van der Waals surface area (Å²) in [7, 11) is -3.82. The van der Waals surface area contributed by atoms with Crippen LogP contribution in [0.1, 0.15) is 0 Å². The second-order valence-electron chi connectivity index (χ2n) is 2.50. The first-order valence-electron chi connectivity index (χ1n) is 3.59. The van der Waals surface area contributed by atoms with Crippen LogP contribution in [0.25, 0.3) is 10.6 Å². The van der Waals surface area contributed by atoms with Crippen molar-refractivity contribution in [3.63, 3.8) is 0 Å². The molecule has 0 unspecified atom stereocenters. The third-order valence-corrected chi connectivity index (χ3v) is 3.19. The van der Waals surface area contributed by atoms with E-state index in [1.807, 2.05) is 0 Å². The van der Waals surface area contributed by atoms with Crippen molar-refractivity contribution in [2.45, 2.75) is 5.09 Å². The van der Waals surface area contributed by atoms with E-state index < -0.39 is 10.0 Å². The lowest BCUT2D eigenvalue weighted by atomic mass is 10.4. The van der Waals surface area contributed by atoms with Crippen LogP contribution in [0.4, 0.5) is 0 Å². The van der Waals surface area contributed by atoms with E-state index in [0.717, 1.165) is 0 Å². The van der Waals surface area contributed by atoms with Crippen LogP contribution in [0.15, 0.2) is 33.4 Å². The van der Waals surface area contributed by atoms with Gasteiger partial charge in [0.2, 0.25) is 5.09 Å². The number of nitrogens with two attached hydrogens (primary N) is 1. The first kappa shape index (κ1) is 9.38. The van der Waals surface area contributed by atoms with Crippen molar-refractivity contribution in [3.8, 4) is 10.6 Å². The number of aromatic nitrogens is 1. The van der Waals surface area contributed by atoms with Gasteiger partial charge in [0.15, 0.2) is 0 Å². The maximum absolute atomic E-state index is 11.1. The maximum Gasteiger partial charge on any atom is 0.272 e. The van der Waals surface area contributed by atoms with Gasteiger partial charge in [0.25, 0.3) is 10.0 Å². The predicted molar refractivity (Wildman–Crippen MR) is 51.2 cm³/mol. The smallest absolute Gasteiger partial charge is 0.272 e. The number of hydrogen-bond acceptors (Lipinski definition) is 5. The Bertz CT molecular complexity index is 527. The Morgan fingerprint density at radius 2 is 2.29 bits per heavy atom. The first-order valence-corrected chi connectivity index (χ1v) is 6.02. The lowest BCUT2D eigenvalue weighted by Gasteiger charge is -1.95. The summed E-state index contributed by atoms with van der Waals surface area (Å²) in [5, 5.41) is 7.04. The quantitative estimate of drug-likeness (QED) is 0.835. The molecule has 0 fully saturated rings. The van der Waals surface area contributed by atoms with Gasteiger partial charge in [-0.05, 0) is 6.07 Å². The Labute approximate surface area is 84.2 Å². The summed E-state index contributed by atoms with van der Waals surface area (Å²) in [6.45, 7) is 0. The van der Waals surface area contributed by atoms with Crippen LogP contribution in [-0.2, 0) is 10.0 Å². The molecule has 2 N–H and O–H groups in total. The van der Waals surface area contributed by atoms with Gasteiger partial charge in [0, 0.05) is 11.6 Å². The van der Waals surface area contributed by atoms with Crippen molar-refractivity contribution < 1.29 is 12.8 Å². The number of primary sulfonamides is 1. The molecule has 0 radical (unpaired) electrons. The van der Waals surface area contributed by atoms with Crippen molar-refractivity contribution in [1.29, 1.82) is 0 Å². The fraction of sp³-hybridized carbons (Fsp3) is 0. The van der Waals surface area contributed by atoms with E-state index in [-0.39, 0.29) is 5.09 Å². The van der Waals surface area contributed by atoms with E-state index in [9.17, 15) is 8.42 Å². The number of furan rings is 1. The number of rotatable bonds is 2. The molecule has 7 heteroatoms. The average Bonchev–Trinajstić information content (AvgIpc) is 2.73. The summed E-state index contributed by atoms with van der Waals surface area (Å²) in [5.41, 5.74) is 0.405. The summed E-state index contributed by atoms with van der Waals surface area (Å²) < 4.78 is 26.9. The highest BCUT2D eigenvalue weighted by molar-refractivity contribution is 7.89. The fourth-order valence-corrected chi connectivity index (χ4v) is 2.42. The highest BCUT2D eigenvalue weighted by Gasteiger charge is 2.20. The molecule has 74 valence electrons. The number of nitrogens with zero attached hydrogens (tertiary/aromatic N) is 1. The van der Waals surface area contributed by atoms with E-state index in [1.54, 1.807) is 11.6 Å².